The highest BCUT2D eigenvalue weighted by Crippen LogP contribution is 2.19. The third-order valence-corrected chi connectivity index (χ3v) is 6.17. The number of hydrogen-bond donors (Lipinski definition) is 1. The Morgan fingerprint density at radius 3 is 1.59 bits per heavy atom. The topological polar surface area (TPSA) is 97.7 Å². The van der Waals surface area contributed by atoms with Crippen LogP contribution in [0.3, 0.4) is 0 Å². The molecule has 1 unspecified atom stereocenters. The Morgan fingerprint density at radius 2 is 1.19 bits per heavy atom. The van der Waals surface area contributed by atoms with E-state index in [1.165, 1.54) is 7.11 Å². The molecular weight excluding hydrogens is 368 g/mol. The van der Waals surface area contributed by atoms with Crippen molar-refractivity contribution in [3.05, 3.63) is 0 Å². The maximum absolute atomic E-state index is 11.5. The summed E-state index contributed by atoms with van der Waals surface area (Å²) in [4.78, 5) is 21.8. The average molecular weight is 407 g/mol. The molecule has 0 heterocycles. The molecule has 0 rings (SSSR count). The molecule has 6 nitrogen and oxygen atoms in total. The van der Waals surface area contributed by atoms with Gasteiger partial charge >= 0.3 is 5.97 Å². The molecule has 0 bridgehead atoms. The van der Waals surface area contributed by atoms with Gasteiger partial charge in [-0.05, 0) is 32.6 Å². The zero-order chi connectivity index (χ0) is 20.5. The highest BCUT2D eigenvalue weighted by molar-refractivity contribution is 7.86. The van der Waals surface area contributed by atoms with Gasteiger partial charge < -0.3 is 9.53 Å². The lowest BCUT2D eigenvalue weighted by atomic mass is 10.0. The normalized spacial score (nSPS) is 12.7. The first kappa shape index (κ1) is 26.1. The monoisotopic (exact) mass is 406 g/mol. The zero-order valence-corrected chi connectivity index (χ0v) is 17.9. The van der Waals surface area contributed by atoms with Gasteiger partial charge in [0.05, 0.1) is 12.4 Å². The molecule has 0 aliphatic heterocycles. The van der Waals surface area contributed by atoms with Crippen molar-refractivity contribution >= 4 is 21.9 Å². The van der Waals surface area contributed by atoms with Gasteiger partial charge in [-0.25, -0.2) is 0 Å². The van der Waals surface area contributed by atoms with Crippen LogP contribution in [0.1, 0.15) is 103 Å². The van der Waals surface area contributed by atoms with E-state index in [1.54, 1.807) is 6.92 Å². The number of esters is 1. The molecule has 0 saturated heterocycles. The highest BCUT2D eigenvalue weighted by Gasteiger charge is 2.21. The van der Waals surface area contributed by atoms with Crippen LogP contribution in [0.2, 0.25) is 0 Å². The maximum atomic E-state index is 11.5. The maximum Gasteiger partial charge on any atom is 0.305 e. The van der Waals surface area contributed by atoms with Crippen LogP contribution in [-0.2, 0) is 24.4 Å². The summed E-state index contributed by atoms with van der Waals surface area (Å²) in [5.74, 6) is 0.0368. The van der Waals surface area contributed by atoms with Crippen LogP contribution in [0.5, 0.6) is 0 Å². The standard InChI is InChI=1S/C20H38O6S/c1-18(21)14-10-6-3-4-7-11-15-19(27(23,24)25)16-12-8-5-9-13-17-20(22)26-2/h19H,3-17H2,1-2H3,(H,23,24,25). The Bertz CT molecular complexity index is 501. The van der Waals surface area contributed by atoms with Gasteiger partial charge in [-0.15, -0.1) is 0 Å². The number of Topliss-reactive ketones (excluding diaryl/α,β-unsaturated/α-hetero) is 1. The van der Waals surface area contributed by atoms with Crippen molar-refractivity contribution in [2.75, 3.05) is 7.11 Å². The third-order valence-electron chi connectivity index (χ3n) is 4.86. The molecule has 0 aliphatic rings. The van der Waals surface area contributed by atoms with Crippen LogP contribution in [0.15, 0.2) is 0 Å². The van der Waals surface area contributed by atoms with Crippen LogP contribution in [0.4, 0.5) is 0 Å². The third kappa shape index (κ3) is 16.9. The fourth-order valence-electron chi connectivity index (χ4n) is 3.17. The summed E-state index contributed by atoms with van der Waals surface area (Å²) >= 11 is 0. The predicted molar refractivity (Wildman–Crippen MR) is 107 cm³/mol. The molecule has 0 spiro atoms. The minimum Gasteiger partial charge on any atom is -0.469 e. The van der Waals surface area contributed by atoms with Crippen LogP contribution < -0.4 is 0 Å². The van der Waals surface area contributed by atoms with Gasteiger partial charge in [0.15, 0.2) is 0 Å². The van der Waals surface area contributed by atoms with Gasteiger partial charge in [0, 0.05) is 12.8 Å². The van der Waals surface area contributed by atoms with E-state index in [1.807, 2.05) is 0 Å². The van der Waals surface area contributed by atoms with E-state index in [4.69, 9.17) is 0 Å². The van der Waals surface area contributed by atoms with Crippen molar-refractivity contribution in [1.29, 1.82) is 0 Å². The Hall–Kier alpha value is -0.950. The smallest absolute Gasteiger partial charge is 0.305 e. The first-order valence-electron chi connectivity index (χ1n) is 10.3. The van der Waals surface area contributed by atoms with Crippen molar-refractivity contribution in [1.82, 2.24) is 0 Å². The molecule has 160 valence electrons. The van der Waals surface area contributed by atoms with E-state index in [0.29, 0.717) is 25.7 Å². The molecule has 0 fully saturated rings. The molecule has 0 aromatic heterocycles. The van der Waals surface area contributed by atoms with Crippen LogP contribution in [0.25, 0.3) is 0 Å². The quantitative estimate of drug-likeness (QED) is 0.198. The van der Waals surface area contributed by atoms with Crippen molar-refractivity contribution in [3.63, 3.8) is 0 Å². The van der Waals surface area contributed by atoms with Gasteiger partial charge in [-0.1, -0.05) is 57.8 Å². The van der Waals surface area contributed by atoms with E-state index in [0.717, 1.165) is 70.6 Å². The second-order valence-corrected chi connectivity index (χ2v) is 9.08. The van der Waals surface area contributed by atoms with Crippen LogP contribution in [0, 0.1) is 0 Å². The van der Waals surface area contributed by atoms with Gasteiger partial charge in [-0.2, -0.15) is 8.42 Å². The van der Waals surface area contributed by atoms with E-state index in [-0.39, 0.29) is 11.8 Å². The number of unbranched alkanes of at least 4 members (excludes halogenated alkanes) is 9. The van der Waals surface area contributed by atoms with Crippen LogP contribution in [-0.4, -0.2) is 37.1 Å². The molecule has 7 heteroatoms. The Balaban J connectivity index is 3.78. The number of carbonyl (C=O) groups is 2. The van der Waals surface area contributed by atoms with E-state index < -0.39 is 15.4 Å². The fraction of sp³-hybridized carbons (Fsp3) is 0.900. The molecule has 0 amide bonds. The zero-order valence-electron chi connectivity index (χ0n) is 17.1. The summed E-state index contributed by atoms with van der Waals surface area (Å²) in [6, 6.07) is 0. The molecule has 1 atom stereocenters. The largest absolute Gasteiger partial charge is 0.469 e. The van der Waals surface area contributed by atoms with Crippen molar-refractivity contribution < 1.29 is 27.3 Å². The van der Waals surface area contributed by atoms with Crippen molar-refractivity contribution in [2.45, 2.75) is 108 Å². The molecule has 0 saturated carbocycles. The molecular formula is C20H38O6S. The second-order valence-electron chi connectivity index (χ2n) is 7.38. The summed E-state index contributed by atoms with van der Waals surface area (Å²) in [7, 11) is -2.61. The Kier molecular flexibility index (Phi) is 15.5. The lowest BCUT2D eigenvalue weighted by molar-refractivity contribution is -0.140. The average Bonchev–Trinajstić information content (AvgIpc) is 2.59. The fourth-order valence-corrected chi connectivity index (χ4v) is 4.10. The molecule has 1 N–H and O–H groups in total. The summed E-state index contributed by atoms with van der Waals surface area (Å²) in [6.07, 6.45) is 12.3. The lowest BCUT2D eigenvalue weighted by Gasteiger charge is -2.13. The molecule has 0 aromatic rings. The minimum absolute atomic E-state index is 0.194. The van der Waals surface area contributed by atoms with E-state index >= 15 is 0 Å². The number of methoxy groups -OCH3 is 1. The number of hydrogen-bond acceptors (Lipinski definition) is 5. The minimum atomic E-state index is -3.99. The van der Waals surface area contributed by atoms with Gasteiger partial charge in [0.1, 0.15) is 5.78 Å². The van der Waals surface area contributed by atoms with Crippen molar-refractivity contribution in [3.8, 4) is 0 Å². The molecule has 0 aliphatic carbocycles. The summed E-state index contributed by atoms with van der Waals surface area (Å²) < 4.78 is 37.1. The van der Waals surface area contributed by atoms with E-state index in [9.17, 15) is 22.6 Å². The predicted octanol–water partition coefficient (Wildman–Crippen LogP) is 4.86. The number of rotatable bonds is 18. The first-order valence-corrected chi connectivity index (χ1v) is 11.8. The summed E-state index contributed by atoms with van der Waals surface area (Å²) in [5.41, 5.74) is 0. The molecule has 0 aromatic carbocycles. The van der Waals surface area contributed by atoms with Gasteiger partial charge in [0.2, 0.25) is 0 Å². The Morgan fingerprint density at radius 1 is 0.778 bits per heavy atom. The molecule has 0 radical (unpaired) electrons. The second kappa shape index (κ2) is 16.0. The van der Waals surface area contributed by atoms with Gasteiger partial charge in [-0.3, -0.25) is 9.35 Å². The SMILES string of the molecule is COC(=O)CCCCCCCC(CCCCCCCCC(C)=O)S(=O)(=O)O. The number of ether oxygens (including phenoxy) is 1. The van der Waals surface area contributed by atoms with E-state index in [2.05, 4.69) is 4.74 Å². The van der Waals surface area contributed by atoms with Gasteiger partial charge in [0.25, 0.3) is 10.1 Å². The van der Waals surface area contributed by atoms with Crippen LogP contribution >= 0.6 is 0 Å². The highest BCUT2D eigenvalue weighted by atomic mass is 32.2. The Labute approximate surface area is 165 Å². The summed E-state index contributed by atoms with van der Waals surface area (Å²) in [6.45, 7) is 1.61. The number of ketones is 1. The summed E-state index contributed by atoms with van der Waals surface area (Å²) in [5, 5.41) is -0.662. The lowest BCUT2D eigenvalue weighted by Crippen LogP contribution is -2.20. The number of carbonyl (C=O) groups excluding carboxylic acids is 2. The first-order chi connectivity index (χ1) is 12.8. The van der Waals surface area contributed by atoms with Crippen molar-refractivity contribution in [2.24, 2.45) is 0 Å². The molecule has 27 heavy (non-hydrogen) atoms.